The number of fused-ring (bicyclic) bond motifs is 14. The van der Waals surface area contributed by atoms with E-state index in [4.69, 9.17) is 24.4 Å². The Morgan fingerprint density at radius 1 is 0.410 bits per heavy atom. The Hall–Kier alpha value is -8.56. The number of pyridine rings is 1. The van der Waals surface area contributed by atoms with Crippen molar-refractivity contribution in [3.63, 3.8) is 0 Å². The molecule has 7 heterocycles. The third-order valence-corrected chi connectivity index (χ3v) is 12.3. The summed E-state index contributed by atoms with van der Waals surface area (Å²) in [7, 11) is 0. The molecule has 0 N–H and O–H groups in total. The van der Waals surface area contributed by atoms with Gasteiger partial charge >= 0.3 is 0 Å². The van der Waals surface area contributed by atoms with E-state index in [1.54, 1.807) is 0 Å². The Morgan fingerprint density at radius 3 is 1.56 bits per heavy atom. The maximum absolute atomic E-state index is 6.67. The van der Waals surface area contributed by atoms with Crippen molar-refractivity contribution in [2.24, 2.45) is 0 Å². The number of nitrogens with zero attached hydrogens (tertiary/aromatic N) is 8. The van der Waals surface area contributed by atoms with E-state index >= 15 is 0 Å². The average Bonchev–Trinajstić information content (AvgIpc) is 4.12. The van der Waals surface area contributed by atoms with Crippen LogP contribution < -0.4 is 0 Å². The highest BCUT2D eigenvalue weighted by Crippen LogP contribution is 2.40. The van der Waals surface area contributed by atoms with Crippen LogP contribution in [0.4, 0.5) is 0 Å². The summed E-state index contributed by atoms with van der Waals surface area (Å²) < 4.78 is 15.5. The SMILES string of the molecule is c1ccc2c(c1)nc1n(-c3nccc4c3oc3ccccc34)c3c(-c4nc(-n5c6ccccc6c6ccccc65)cc(-n5c6ccccc6c6ccccc65)n4)cccc3n21. The summed E-state index contributed by atoms with van der Waals surface area (Å²) in [6.45, 7) is 0. The zero-order valence-corrected chi connectivity index (χ0v) is 32.3. The maximum atomic E-state index is 6.67. The summed E-state index contributed by atoms with van der Waals surface area (Å²) in [5.74, 6) is 3.41. The van der Waals surface area contributed by atoms with Crippen LogP contribution in [0, 0.1) is 0 Å². The zero-order valence-electron chi connectivity index (χ0n) is 32.3. The van der Waals surface area contributed by atoms with Crippen LogP contribution in [0.25, 0.3) is 122 Å². The summed E-state index contributed by atoms with van der Waals surface area (Å²) in [5.41, 5.74) is 10.2. The van der Waals surface area contributed by atoms with Gasteiger partial charge in [-0.25, -0.2) is 19.9 Å². The second-order valence-corrected chi connectivity index (χ2v) is 15.5. The molecule has 0 saturated carbocycles. The monoisotopic (exact) mass is 782 g/mol. The predicted octanol–water partition coefficient (Wildman–Crippen LogP) is 12.4. The highest BCUT2D eigenvalue weighted by atomic mass is 16.3. The molecule has 0 aliphatic carbocycles. The highest BCUT2D eigenvalue weighted by molar-refractivity contribution is 6.11. The molecule has 7 aromatic carbocycles. The van der Waals surface area contributed by atoms with Gasteiger partial charge in [0.2, 0.25) is 5.78 Å². The van der Waals surface area contributed by atoms with Crippen LogP contribution in [0.3, 0.4) is 0 Å². The molecule has 0 aliphatic heterocycles. The van der Waals surface area contributed by atoms with Gasteiger partial charge in [-0.2, -0.15) is 0 Å². The van der Waals surface area contributed by atoms with Crippen LogP contribution >= 0.6 is 0 Å². The number of furan rings is 1. The average molecular weight is 783 g/mol. The molecule has 0 bridgehead atoms. The molecule has 0 atom stereocenters. The standard InChI is InChI=1S/C52H30N8O/c1-7-21-39-31(14-1)32-15-2-8-22-40(32)57(39)46-30-47(58-41-23-9-3-16-33(41)34-17-4-10-24-42(34)58)56-50(55-46)37-19-13-26-44-48(37)60(52-54-38-20-6-11-25-43(38)59(44)52)51-49-36(28-29-53-51)35-18-5-12-27-45(35)61-49/h1-30H. The molecular formula is C52H30N8O. The summed E-state index contributed by atoms with van der Waals surface area (Å²) >= 11 is 0. The molecule has 0 unspecified atom stereocenters. The molecule has 14 aromatic rings. The molecule has 9 heteroatoms. The third-order valence-electron chi connectivity index (χ3n) is 12.3. The fourth-order valence-corrected chi connectivity index (χ4v) is 9.74. The molecule has 7 aromatic heterocycles. The summed E-state index contributed by atoms with van der Waals surface area (Å²) in [5, 5.41) is 6.64. The van der Waals surface area contributed by atoms with Gasteiger partial charge in [-0.1, -0.05) is 109 Å². The molecule has 9 nitrogen and oxygen atoms in total. The van der Waals surface area contributed by atoms with Crippen LogP contribution in [0.15, 0.2) is 187 Å². The van der Waals surface area contributed by atoms with Crippen LogP contribution in [0.2, 0.25) is 0 Å². The number of para-hydroxylation sites is 8. The fraction of sp³-hybridized carbons (Fsp3) is 0. The Labute approximate surface area is 345 Å². The van der Waals surface area contributed by atoms with Gasteiger partial charge in [0.25, 0.3) is 0 Å². The predicted molar refractivity (Wildman–Crippen MR) is 244 cm³/mol. The molecule has 0 spiro atoms. The van der Waals surface area contributed by atoms with E-state index in [2.05, 4.69) is 158 Å². The summed E-state index contributed by atoms with van der Waals surface area (Å²) in [6, 6.07) is 61.0. The Kier molecular flexibility index (Phi) is 6.37. The van der Waals surface area contributed by atoms with Crippen LogP contribution in [0.1, 0.15) is 0 Å². The van der Waals surface area contributed by atoms with Crippen molar-refractivity contribution in [2.75, 3.05) is 0 Å². The van der Waals surface area contributed by atoms with Gasteiger partial charge in [0.05, 0.1) is 44.1 Å². The van der Waals surface area contributed by atoms with Gasteiger partial charge in [-0.05, 0) is 60.7 Å². The van der Waals surface area contributed by atoms with E-state index in [1.807, 2.05) is 42.6 Å². The topological polar surface area (TPSA) is 83.9 Å². The minimum Gasteiger partial charge on any atom is -0.452 e. The molecular weight excluding hydrogens is 753 g/mol. The first kappa shape index (κ1) is 32.4. The van der Waals surface area contributed by atoms with Crippen molar-refractivity contribution in [1.29, 1.82) is 0 Å². The minimum atomic E-state index is 0.560. The third kappa shape index (κ3) is 4.38. The minimum absolute atomic E-state index is 0.560. The second kappa shape index (κ2) is 12.0. The Bertz CT molecular complexity index is 3900. The molecule has 284 valence electrons. The van der Waals surface area contributed by atoms with Gasteiger partial charge in [0, 0.05) is 50.1 Å². The lowest BCUT2D eigenvalue weighted by Crippen LogP contribution is -2.07. The fourth-order valence-electron chi connectivity index (χ4n) is 9.74. The van der Waals surface area contributed by atoms with E-state index in [0.29, 0.717) is 23.0 Å². The van der Waals surface area contributed by atoms with Gasteiger partial charge in [0.1, 0.15) is 17.2 Å². The summed E-state index contributed by atoms with van der Waals surface area (Å²) in [6.07, 6.45) is 1.85. The molecule has 0 aliphatic rings. The second-order valence-electron chi connectivity index (χ2n) is 15.5. The van der Waals surface area contributed by atoms with Crippen molar-refractivity contribution >= 4 is 93.4 Å². The number of rotatable bonds is 4. The van der Waals surface area contributed by atoms with Crippen molar-refractivity contribution in [2.45, 2.75) is 0 Å². The largest absolute Gasteiger partial charge is 0.452 e. The van der Waals surface area contributed by atoms with E-state index in [1.165, 1.54) is 0 Å². The first-order valence-electron chi connectivity index (χ1n) is 20.3. The molecule has 0 amide bonds. The van der Waals surface area contributed by atoms with Gasteiger partial charge < -0.3 is 4.42 Å². The first-order chi connectivity index (χ1) is 30.3. The van der Waals surface area contributed by atoms with E-state index in [0.717, 1.165) is 99.2 Å². The number of hydrogen-bond acceptors (Lipinski definition) is 5. The van der Waals surface area contributed by atoms with Gasteiger partial charge in [0.15, 0.2) is 17.2 Å². The molecule has 0 saturated heterocycles. The van der Waals surface area contributed by atoms with E-state index in [9.17, 15) is 0 Å². The smallest absolute Gasteiger partial charge is 0.222 e. The van der Waals surface area contributed by atoms with Crippen molar-refractivity contribution < 1.29 is 4.42 Å². The maximum Gasteiger partial charge on any atom is 0.222 e. The lowest BCUT2D eigenvalue weighted by atomic mass is 10.1. The molecule has 0 radical (unpaired) electrons. The number of aromatic nitrogens is 8. The van der Waals surface area contributed by atoms with E-state index in [-0.39, 0.29) is 0 Å². The normalized spacial score (nSPS) is 12.3. The van der Waals surface area contributed by atoms with Crippen molar-refractivity contribution in [1.82, 2.24) is 38.0 Å². The molecule has 14 rings (SSSR count). The van der Waals surface area contributed by atoms with Crippen LogP contribution in [0.5, 0.6) is 0 Å². The first-order valence-corrected chi connectivity index (χ1v) is 20.3. The Morgan fingerprint density at radius 2 is 0.934 bits per heavy atom. The van der Waals surface area contributed by atoms with Gasteiger partial charge in [-0.15, -0.1) is 0 Å². The van der Waals surface area contributed by atoms with Crippen LogP contribution in [-0.2, 0) is 0 Å². The summed E-state index contributed by atoms with van der Waals surface area (Å²) in [4.78, 5) is 21.5. The van der Waals surface area contributed by atoms with Crippen LogP contribution in [-0.4, -0.2) is 38.0 Å². The lowest BCUT2D eigenvalue weighted by molar-refractivity contribution is 0.663. The van der Waals surface area contributed by atoms with Crippen molar-refractivity contribution in [3.05, 3.63) is 182 Å². The lowest BCUT2D eigenvalue weighted by Gasteiger charge is -2.15. The zero-order chi connectivity index (χ0) is 39.8. The quantitative estimate of drug-likeness (QED) is 0.177. The number of imidazole rings is 2. The number of hydrogen-bond donors (Lipinski definition) is 0. The highest BCUT2D eigenvalue weighted by Gasteiger charge is 2.26. The van der Waals surface area contributed by atoms with E-state index < -0.39 is 0 Å². The van der Waals surface area contributed by atoms with Gasteiger partial charge in [-0.3, -0.25) is 18.1 Å². The number of benzene rings is 7. The Balaban J connectivity index is 1.15. The van der Waals surface area contributed by atoms with Crippen molar-refractivity contribution in [3.8, 4) is 28.8 Å². The molecule has 61 heavy (non-hydrogen) atoms. The molecule has 0 fully saturated rings.